The van der Waals surface area contributed by atoms with Gasteiger partial charge in [0.2, 0.25) is 15.9 Å². The van der Waals surface area contributed by atoms with E-state index in [-0.39, 0.29) is 41.2 Å². The standard InChI is InChI=1S/C19H20Cl2N4O3S.C2H4O2/c20-15-5-6-17(16(21)12-15)29(27,28)25-9-7-24(8-10-25)18(26)11-13-1-3-14(4-2-13)19(22)23;1-2(3)4/h1-6,12H,7-11H2,(H3,22,23);1H3,(H,3,4). The topological polar surface area (TPSA) is 145 Å². The number of hydrogen-bond acceptors (Lipinski definition) is 5. The first kappa shape index (κ1) is 26.6. The maximum absolute atomic E-state index is 12.8. The van der Waals surface area contributed by atoms with Gasteiger partial charge in [-0.3, -0.25) is 15.0 Å². The Kier molecular flexibility index (Phi) is 9.24. The third-order valence-electron chi connectivity index (χ3n) is 4.72. The van der Waals surface area contributed by atoms with E-state index in [1.807, 2.05) is 0 Å². The number of rotatable bonds is 5. The Labute approximate surface area is 202 Å². The monoisotopic (exact) mass is 514 g/mol. The zero-order valence-corrected chi connectivity index (χ0v) is 20.1. The summed E-state index contributed by atoms with van der Waals surface area (Å²) in [5.74, 6) is -0.942. The first-order valence-electron chi connectivity index (χ1n) is 9.77. The van der Waals surface area contributed by atoms with Gasteiger partial charge in [-0.1, -0.05) is 47.5 Å². The normalized spacial score (nSPS) is 14.2. The summed E-state index contributed by atoms with van der Waals surface area (Å²) in [5, 5.41) is 15.2. The van der Waals surface area contributed by atoms with Crippen molar-refractivity contribution in [2.75, 3.05) is 26.2 Å². The lowest BCUT2D eigenvalue weighted by Crippen LogP contribution is -2.50. The molecule has 0 aromatic heterocycles. The van der Waals surface area contributed by atoms with E-state index in [1.165, 1.54) is 22.5 Å². The van der Waals surface area contributed by atoms with Crippen molar-refractivity contribution in [1.29, 1.82) is 5.41 Å². The van der Waals surface area contributed by atoms with Crippen molar-refractivity contribution < 1.29 is 23.1 Å². The highest BCUT2D eigenvalue weighted by Crippen LogP contribution is 2.28. The largest absolute Gasteiger partial charge is 0.481 e. The molecule has 1 heterocycles. The van der Waals surface area contributed by atoms with Crippen LogP contribution in [0.15, 0.2) is 47.4 Å². The molecule has 0 spiro atoms. The fourth-order valence-corrected chi connectivity index (χ4v) is 5.26. The number of nitrogens with zero attached hydrogens (tertiary/aromatic N) is 2. The third-order valence-corrected chi connectivity index (χ3v) is 7.34. The second kappa shape index (κ2) is 11.5. The number of piperazine rings is 1. The average Bonchev–Trinajstić information content (AvgIpc) is 2.73. The first-order chi connectivity index (χ1) is 15.4. The molecule has 1 aliphatic heterocycles. The van der Waals surface area contributed by atoms with Gasteiger partial charge in [0.1, 0.15) is 10.7 Å². The van der Waals surface area contributed by atoms with Gasteiger partial charge in [0.25, 0.3) is 5.97 Å². The Morgan fingerprint density at radius 1 is 1.06 bits per heavy atom. The molecule has 3 rings (SSSR count). The Balaban J connectivity index is 0.000000890. The fraction of sp³-hybridized carbons (Fsp3) is 0.286. The molecule has 178 valence electrons. The maximum Gasteiger partial charge on any atom is 0.300 e. The quantitative estimate of drug-likeness (QED) is 0.412. The molecule has 0 aliphatic carbocycles. The van der Waals surface area contributed by atoms with Crippen LogP contribution in [0, 0.1) is 5.41 Å². The Morgan fingerprint density at radius 3 is 2.09 bits per heavy atom. The molecule has 33 heavy (non-hydrogen) atoms. The molecule has 0 radical (unpaired) electrons. The van der Waals surface area contributed by atoms with Gasteiger partial charge < -0.3 is 15.7 Å². The number of hydrogen-bond donors (Lipinski definition) is 3. The number of nitrogens with two attached hydrogens (primary N) is 1. The van der Waals surface area contributed by atoms with Crippen LogP contribution < -0.4 is 5.73 Å². The van der Waals surface area contributed by atoms with Gasteiger partial charge in [-0.2, -0.15) is 4.31 Å². The lowest BCUT2D eigenvalue weighted by Gasteiger charge is -2.34. The third kappa shape index (κ3) is 7.43. The van der Waals surface area contributed by atoms with Crippen LogP contribution in [0.3, 0.4) is 0 Å². The molecule has 2 aromatic carbocycles. The molecule has 0 atom stereocenters. The lowest BCUT2D eigenvalue weighted by atomic mass is 10.1. The molecular weight excluding hydrogens is 491 g/mol. The van der Waals surface area contributed by atoms with Crippen molar-refractivity contribution in [3.63, 3.8) is 0 Å². The van der Waals surface area contributed by atoms with Gasteiger partial charge in [0, 0.05) is 43.7 Å². The summed E-state index contributed by atoms with van der Waals surface area (Å²) in [7, 11) is -3.76. The summed E-state index contributed by atoms with van der Waals surface area (Å²) in [6.45, 7) is 2.07. The lowest BCUT2D eigenvalue weighted by molar-refractivity contribution is -0.134. The molecule has 9 nitrogen and oxygen atoms in total. The number of amidine groups is 1. The summed E-state index contributed by atoms with van der Waals surface area (Å²) in [5.41, 5.74) is 6.83. The number of nitrogen functional groups attached to an aromatic ring is 1. The van der Waals surface area contributed by atoms with Crippen LogP contribution in [0.2, 0.25) is 10.0 Å². The van der Waals surface area contributed by atoms with E-state index in [0.29, 0.717) is 23.7 Å². The van der Waals surface area contributed by atoms with Crippen LogP contribution in [0.4, 0.5) is 0 Å². The number of carboxylic acid groups (broad SMARTS) is 1. The van der Waals surface area contributed by atoms with Crippen LogP contribution >= 0.6 is 23.2 Å². The summed E-state index contributed by atoms with van der Waals surface area (Å²) in [4.78, 5) is 23.2. The highest BCUT2D eigenvalue weighted by molar-refractivity contribution is 7.89. The minimum Gasteiger partial charge on any atom is -0.481 e. The number of aliphatic carboxylic acids is 1. The molecule has 0 bridgehead atoms. The minimum absolute atomic E-state index is 0.00824. The molecule has 12 heteroatoms. The van der Waals surface area contributed by atoms with Gasteiger partial charge in [-0.15, -0.1) is 0 Å². The van der Waals surface area contributed by atoms with E-state index in [1.54, 1.807) is 29.2 Å². The number of carboxylic acids is 1. The summed E-state index contributed by atoms with van der Waals surface area (Å²) in [6, 6.07) is 11.2. The Bertz CT molecular complexity index is 1130. The number of amides is 1. The highest BCUT2D eigenvalue weighted by atomic mass is 35.5. The zero-order valence-electron chi connectivity index (χ0n) is 17.8. The van der Waals surface area contributed by atoms with Crippen molar-refractivity contribution in [2.24, 2.45) is 5.73 Å². The van der Waals surface area contributed by atoms with Crippen molar-refractivity contribution in [1.82, 2.24) is 9.21 Å². The number of nitrogens with one attached hydrogen (secondary N) is 1. The average molecular weight is 515 g/mol. The molecule has 1 aliphatic rings. The van der Waals surface area contributed by atoms with Crippen LogP contribution in [0.1, 0.15) is 18.1 Å². The van der Waals surface area contributed by atoms with Crippen molar-refractivity contribution >= 4 is 50.9 Å². The SMILES string of the molecule is CC(=O)O.N=C(N)c1ccc(CC(=O)N2CCN(S(=O)(=O)c3ccc(Cl)cc3Cl)CC2)cc1. The number of sulfonamides is 1. The second-order valence-electron chi connectivity index (χ2n) is 7.17. The molecule has 1 fully saturated rings. The summed E-state index contributed by atoms with van der Waals surface area (Å²) < 4.78 is 27.0. The predicted molar refractivity (Wildman–Crippen MR) is 126 cm³/mol. The van der Waals surface area contributed by atoms with E-state index >= 15 is 0 Å². The van der Waals surface area contributed by atoms with Crippen molar-refractivity contribution in [3.05, 3.63) is 63.6 Å². The number of halogens is 2. The molecule has 1 saturated heterocycles. The van der Waals surface area contributed by atoms with E-state index < -0.39 is 16.0 Å². The Hall–Kier alpha value is -2.66. The summed E-state index contributed by atoms with van der Waals surface area (Å²) >= 11 is 11.9. The first-order valence-corrected chi connectivity index (χ1v) is 12.0. The fourth-order valence-electron chi connectivity index (χ4n) is 3.09. The van der Waals surface area contributed by atoms with Gasteiger partial charge >= 0.3 is 0 Å². The number of carbonyl (C=O) groups is 2. The van der Waals surface area contributed by atoms with Gasteiger partial charge in [0.15, 0.2) is 0 Å². The highest BCUT2D eigenvalue weighted by Gasteiger charge is 2.31. The minimum atomic E-state index is -3.76. The second-order valence-corrected chi connectivity index (χ2v) is 9.92. The molecule has 4 N–H and O–H groups in total. The zero-order chi connectivity index (χ0) is 24.8. The summed E-state index contributed by atoms with van der Waals surface area (Å²) in [6.07, 6.45) is 0.202. The van der Waals surface area contributed by atoms with Crippen LogP contribution in [0.5, 0.6) is 0 Å². The van der Waals surface area contributed by atoms with Crippen LogP contribution in [-0.2, 0) is 26.0 Å². The molecule has 1 amide bonds. The van der Waals surface area contributed by atoms with E-state index in [9.17, 15) is 13.2 Å². The number of carbonyl (C=O) groups excluding carboxylic acids is 1. The van der Waals surface area contributed by atoms with E-state index in [2.05, 4.69) is 0 Å². The van der Waals surface area contributed by atoms with Crippen molar-refractivity contribution in [2.45, 2.75) is 18.2 Å². The van der Waals surface area contributed by atoms with Crippen LogP contribution in [-0.4, -0.2) is 66.6 Å². The molecule has 0 saturated carbocycles. The molecule has 0 unspecified atom stereocenters. The van der Waals surface area contributed by atoms with Crippen molar-refractivity contribution in [3.8, 4) is 0 Å². The van der Waals surface area contributed by atoms with Gasteiger partial charge in [-0.25, -0.2) is 8.42 Å². The molecular formula is C21H24Cl2N4O5S. The number of benzene rings is 2. The Morgan fingerprint density at radius 2 is 1.61 bits per heavy atom. The maximum atomic E-state index is 12.8. The van der Waals surface area contributed by atoms with Gasteiger partial charge in [-0.05, 0) is 23.8 Å². The van der Waals surface area contributed by atoms with E-state index in [0.717, 1.165) is 12.5 Å². The van der Waals surface area contributed by atoms with E-state index in [4.69, 9.17) is 44.2 Å². The smallest absolute Gasteiger partial charge is 0.300 e. The predicted octanol–water partition coefficient (Wildman–Crippen LogP) is 2.44. The van der Waals surface area contributed by atoms with Gasteiger partial charge in [0.05, 0.1) is 11.4 Å². The molecule has 2 aromatic rings. The van der Waals surface area contributed by atoms with Crippen LogP contribution in [0.25, 0.3) is 0 Å².